The van der Waals surface area contributed by atoms with Crippen molar-refractivity contribution >= 4 is 21.6 Å². The molecule has 4 heteroatoms. The fourth-order valence-corrected chi connectivity index (χ4v) is 3.22. The fourth-order valence-electron chi connectivity index (χ4n) is 2.86. The molecule has 1 atom stereocenters. The van der Waals surface area contributed by atoms with Crippen LogP contribution in [0.5, 0.6) is 5.75 Å². The second-order valence-electron chi connectivity index (χ2n) is 5.28. The fraction of sp³-hybridized carbons (Fsp3) is 0.294. The Morgan fingerprint density at radius 1 is 1.24 bits per heavy atom. The Kier molecular flexibility index (Phi) is 4.15. The summed E-state index contributed by atoms with van der Waals surface area (Å²) in [5.41, 5.74) is 3.38. The van der Waals surface area contributed by atoms with E-state index in [1.807, 2.05) is 6.07 Å². The maximum absolute atomic E-state index is 13.4. The van der Waals surface area contributed by atoms with Crippen molar-refractivity contribution in [2.45, 2.75) is 25.3 Å². The average Bonchev–Trinajstić information content (AvgIpc) is 2.50. The van der Waals surface area contributed by atoms with Gasteiger partial charge in [-0.3, -0.25) is 0 Å². The Hall–Kier alpha value is -1.55. The first-order valence-electron chi connectivity index (χ1n) is 7.06. The number of hydrogen-bond donors (Lipinski definition) is 1. The van der Waals surface area contributed by atoms with Crippen molar-refractivity contribution in [3.05, 3.63) is 57.8 Å². The molecule has 0 amide bonds. The molecule has 0 heterocycles. The van der Waals surface area contributed by atoms with Crippen molar-refractivity contribution in [3.63, 3.8) is 0 Å². The van der Waals surface area contributed by atoms with Crippen molar-refractivity contribution in [1.29, 1.82) is 0 Å². The van der Waals surface area contributed by atoms with Crippen LogP contribution in [0.4, 0.5) is 10.1 Å². The highest BCUT2D eigenvalue weighted by atomic mass is 79.9. The number of anilines is 1. The molecule has 1 aliphatic rings. The second kappa shape index (κ2) is 6.06. The molecule has 0 aliphatic heterocycles. The molecule has 21 heavy (non-hydrogen) atoms. The average molecular weight is 350 g/mol. The van der Waals surface area contributed by atoms with E-state index in [1.54, 1.807) is 13.2 Å². The van der Waals surface area contributed by atoms with E-state index in [2.05, 4.69) is 33.4 Å². The van der Waals surface area contributed by atoms with Gasteiger partial charge in [0.1, 0.15) is 11.6 Å². The lowest BCUT2D eigenvalue weighted by Crippen LogP contribution is -2.17. The Morgan fingerprint density at radius 2 is 2.10 bits per heavy atom. The van der Waals surface area contributed by atoms with Gasteiger partial charge in [0.25, 0.3) is 0 Å². The molecule has 1 aliphatic carbocycles. The summed E-state index contributed by atoms with van der Waals surface area (Å²) >= 11 is 3.47. The van der Waals surface area contributed by atoms with Gasteiger partial charge >= 0.3 is 0 Å². The van der Waals surface area contributed by atoms with Gasteiger partial charge in [0.2, 0.25) is 0 Å². The van der Waals surface area contributed by atoms with Gasteiger partial charge in [0.05, 0.1) is 18.8 Å². The van der Waals surface area contributed by atoms with E-state index in [9.17, 15) is 4.39 Å². The number of benzene rings is 2. The highest BCUT2D eigenvalue weighted by Crippen LogP contribution is 2.36. The third-order valence-corrected chi connectivity index (χ3v) is 4.61. The van der Waals surface area contributed by atoms with Gasteiger partial charge in [0.15, 0.2) is 0 Å². The summed E-state index contributed by atoms with van der Waals surface area (Å²) < 4.78 is 19.6. The van der Waals surface area contributed by atoms with Gasteiger partial charge in [0, 0.05) is 4.47 Å². The molecular formula is C17H17BrFNO. The molecule has 0 aromatic heterocycles. The first-order valence-corrected chi connectivity index (χ1v) is 7.85. The molecule has 1 unspecified atom stereocenters. The number of ether oxygens (including phenoxy) is 1. The van der Waals surface area contributed by atoms with Crippen molar-refractivity contribution in [2.24, 2.45) is 0 Å². The highest BCUT2D eigenvalue weighted by Gasteiger charge is 2.21. The van der Waals surface area contributed by atoms with Crippen LogP contribution < -0.4 is 10.1 Å². The Balaban J connectivity index is 1.90. The number of rotatable bonds is 3. The Labute approximate surface area is 132 Å². The van der Waals surface area contributed by atoms with Crippen molar-refractivity contribution in [2.75, 3.05) is 12.4 Å². The van der Waals surface area contributed by atoms with E-state index in [0.29, 0.717) is 0 Å². The minimum atomic E-state index is -0.230. The molecule has 2 aromatic rings. The van der Waals surface area contributed by atoms with Crippen LogP contribution in [-0.2, 0) is 6.42 Å². The summed E-state index contributed by atoms with van der Waals surface area (Å²) in [5, 5.41) is 3.46. The number of halogens is 2. The second-order valence-corrected chi connectivity index (χ2v) is 6.13. The highest BCUT2D eigenvalue weighted by molar-refractivity contribution is 9.10. The maximum Gasteiger partial charge on any atom is 0.125 e. The lowest BCUT2D eigenvalue weighted by molar-refractivity contribution is 0.413. The zero-order valence-corrected chi connectivity index (χ0v) is 13.4. The van der Waals surface area contributed by atoms with Gasteiger partial charge in [-0.2, -0.15) is 0 Å². The predicted molar refractivity (Wildman–Crippen MR) is 86.4 cm³/mol. The van der Waals surface area contributed by atoms with E-state index in [0.717, 1.165) is 35.2 Å². The Morgan fingerprint density at radius 3 is 2.90 bits per heavy atom. The first kappa shape index (κ1) is 14.4. The quantitative estimate of drug-likeness (QED) is 0.833. The van der Waals surface area contributed by atoms with Gasteiger partial charge < -0.3 is 10.1 Å². The zero-order valence-electron chi connectivity index (χ0n) is 11.8. The minimum absolute atomic E-state index is 0.206. The van der Waals surface area contributed by atoms with Crippen LogP contribution in [0.2, 0.25) is 0 Å². The molecule has 110 valence electrons. The minimum Gasteiger partial charge on any atom is -0.497 e. The topological polar surface area (TPSA) is 21.3 Å². The van der Waals surface area contributed by atoms with Crippen molar-refractivity contribution in [1.82, 2.24) is 0 Å². The molecule has 2 aromatic carbocycles. The molecule has 0 fully saturated rings. The molecule has 0 bridgehead atoms. The van der Waals surface area contributed by atoms with Crippen LogP contribution >= 0.6 is 15.9 Å². The summed E-state index contributed by atoms with van der Waals surface area (Å²) in [7, 11) is 1.68. The van der Waals surface area contributed by atoms with Crippen molar-refractivity contribution < 1.29 is 9.13 Å². The smallest absolute Gasteiger partial charge is 0.125 e. The number of nitrogens with one attached hydrogen (secondary N) is 1. The number of fused-ring (bicyclic) bond motifs is 1. The molecule has 0 spiro atoms. The summed E-state index contributed by atoms with van der Waals surface area (Å²) in [5.74, 6) is 0.660. The number of hydrogen-bond acceptors (Lipinski definition) is 2. The summed E-state index contributed by atoms with van der Waals surface area (Å²) in [6.45, 7) is 0. The molecular weight excluding hydrogens is 333 g/mol. The molecule has 0 saturated carbocycles. The molecule has 3 rings (SSSR count). The first-order chi connectivity index (χ1) is 10.2. The van der Waals surface area contributed by atoms with Gasteiger partial charge in [-0.1, -0.05) is 6.07 Å². The van der Waals surface area contributed by atoms with Crippen LogP contribution in [0.3, 0.4) is 0 Å². The Bertz CT molecular complexity index is 659. The molecule has 0 radical (unpaired) electrons. The lowest BCUT2D eigenvalue weighted by Gasteiger charge is -2.28. The number of methoxy groups -OCH3 is 1. The van der Waals surface area contributed by atoms with Crippen LogP contribution in [-0.4, -0.2) is 7.11 Å². The van der Waals surface area contributed by atoms with E-state index < -0.39 is 0 Å². The zero-order chi connectivity index (χ0) is 14.8. The van der Waals surface area contributed by atoms with Crippen LogP contribution in [0.25, 0.3) is 0 Å². The lowest BCUT2D eigenvalue weighted by atomic mass is 9.87. The number of aryl methyl sites for hydroxylation is 1. The standard InChI is InChI=1S/C17H17BrFNO/c1-21-13-6-7-14-11(9-13)3-2-4-16(14)20-17-10-12(19)5-8-15(17)18/h5-10,16,20H,2-4H2,1H3. The van der Waals surface area contributed by atoms with E-state index in [4.69, 9.17) is 4.74 Å². The maximum atomic E-state index is 13.4. The monoisotopic (exact) mass is 349 g/mol. The third-order valence-electron chi connectivity index (χ3n) is 3.92. The van der Waals surface area contributed by atoms with Crippen molar-refractivity contribution in [3.8, 4) is 5.75 Å². The third kappa shape index (κ3) is 3.05. The van der Waals surface area contributed by atoms with Gasteiger partial charge in [-0.15, -0.1) is 0 Å². The van der Waals surface area contributed by atoms with Gasteiger partial charge in [-0.25, -0.2) is 4.39 Å². The molecule has 0 saturated heterocycles. The summed E-state index contributed by atoms with van der Waals surface area (Å²) in [4.78, 5) is 0. The van der Waals surface area contributed by atoms with E-state index in [-0.39, 0.29) is 11.9 Å². The summed E-state index contributed by atoms with van der Waals surface area (Å²) in [6.07, 6.45) is 3.22. The van der Waals surface area contributed by atoms with E-state index in [1.165, 1.54) is 23.3 Å². The normalized spacial score (nSPS) is 17.2. The SMILES string of the molecule is COc1ccc2c(c1)CCCC2Nc1cc(F)ccc1Br. The van der Waals surface area contributed by atoms with E-state index >= 15 is 0 Å². The predicted octanol–water partition coefficient (Wildman–Crippen LogP) is 5.09. The molecule has 1 N–H and O–H groups in total. The van der Waals surface area contributed by atoms with Crippen LogP contribution in [0.15, 0.2) is 40.9 Å². The van der Waals surface area contributed by atoms with Crippen LogP contribution in [0, 0.1) is 5.82 Å². The summed E-state index contributed by atoms with van der Waals surface area (Å²) in [6, 6.07) is 11.1. The largest absolute Gasteiger partial charge is 0.497 e. The molecule has 2 nitrogen and oxygen atoms in total. The van der Waals surface area contributed by atoms with Crippen LogP contribution in [0.1, 0.15) is 30.0 Å². The van der Waals surface area contributed by atoms with Gasteiger partial charge in [-0.05, 0) is 76.7 Å².